The van der Waals surface area contributed by atoms with E-state index in [-0.39, 0.29) is 5.56 Å². The molecule has 0 aliphatic rings. The second-order valence-corrected chi connectivity index (χ2v) is 3.47. The smallest absolute Gasteiger partial charge is 0.364 e. The third-order valence-electron chi connectivity index (χ3n) is 1.67. The first-order chi connectivity index (χ1) is 7.38. The molecule has 0 fully saturated rings. The number of ketones is 1. The third-order valence-corrected chi connectivity index (χ3v) is 1.92. The first kappa shape index (κ1) is 13.0. The van der Waals surface area contributed by atoms with Gasteiger partial charge in [0.25, 0.3) is 0 Å². The second kappa shape index (κ2) is 5.32. The van der Waals surface area contributed by atoms with Crippen LogP contribution in [-0.2, 0) is 4.74 Å². The summed E-state index contributed by atoms with van der Waals surface area (Å²) in [5, 5.41) is 0.452. The number of carbonyl (C=O) groups excluding carboxylic acids is 1. The predicted molar refractivity (Wildman–Crippen MR) is 52.7 cm³/mol. The minimum Gasteiger partial charge on any atom is -0.364 e. The molecule has 88 valence electrons. The van der Waals surface area contributed by atoms with Crippen LogP contribution in [0.4, 0.5) is 13.2 Å². The van der Waals surface area contributed by atoms with Crippen LogP contribution in [0.5, 0.6) is 0 Å². The number of Topliss-reactive ketones (excluding diaryl/α,β-unsaturated/α-hetero) is 1. The van der Waals surface area contributed by atoms with Crippen LogP contribution in [0.25, 0.3) is 0 Å². The lowest BCUT2D eigenvalue weighted by molar-refractivity contribution is -0.170. The van der Waals surface area contributed by atoms with E-state index in [9.17, 15) is 18.0 Å². The lowest BCUT2D eigenvalue weighted by Crippen LogP contribution is -2.20. The Morgan fingerprint density at radius 2 is 1.81 bits per heavy atom. The lowest BCUT2D eigenvalue weighted by Gasteiger charge is -2.06. The molecule has 1 aromatic carbocycles. The summed E-state index contributed by atoms with van der Waals surface area (Å²) in [6, 6.07) is 5.83. The Morgan fingerprint density at radius 3 is 2.31 bits per heavy atom. The highest BCUT2D eigenvalue weighted by atomic mass is 35.5. The molecule has 6 heteroatoms. The maximum atomic E-state index is 11.7. The van der Waals surface area contributed by atoms with Crippen LogP contribution >= 0.6 is 11.6 Å². The Morgan fingerprint density at radius 1 is 1.25 bits per heavy atom. The van der Waals surface area contributed by atoms with Crippen LogP contribution < -0.4 is 0 Å². The fourth-order valence-electron chi connectivity index (χ4n) is 0.979. The number of carbonyl (C=O) groups is 1. The molecular formula is C10H8ClF3O2. The van der Waals surface area contributed by atoms with Crippen molar-refractivity contribution < 1.29 is 22.7 Å². The molecule has 0 bridgehead atoms. The quantitative estimate of drug-likeness (QED) is 0.770. The van der Waals surface area contributed by atoms with Gasteiger partial charge in [0.05, 0.1) is 0 Å². The maximum Gasteiger partial charge on any atom is 0.411 e. The summed E-state index contributed by atoms with van der Waals surface area (Å²) in [6.07, 6.45) is -4.42. The normalized spacial score (nSPS) is 11.5. The number of halogens is 4. The van der Waals surface area contributed by atoms with Crippen molar-refractivity contribution in [3.63, 3.8) is 0 Å². The van der Waals surface area contributed by atoms with Crippen molar-refractivity contribution in [1.82, 2.24) is 0 Å². The van der Waals surface area contributed by atoms with E-state index in [2.05, 4.69) is 4.74 Å². The van der Waals surface area contributed by atoms with Crippen molar-refractivity contribution in [2.75, 3.05) is 13.2 Å². The van der Waals surface area contributed by atoms with E-state index in [1.54, 1.807) is 0 Å². The lowest BCUT2D eigenvalue weighted by atomic mass is 10.1. The molecule has 16 heavy (non-hydrogen) atoms. The first-order valence-corrected chi connectivity index (χ1v) is 4.69. The van der Waals surface area contributed by atoms with Crippen LogP contribution in [0.3, 0.4) is 0 Å². The monoisotopic (exact) mass is 252 g/mol. The van der Waals surface area contributed by atoms with Gasteiger partial charge in [0.15, 0.2) is 5.78 Å². The number of rotatable bonds is 4. The van der Waals surface area contributed by atoms with E-state index in [1.165, 1.54) is 24.3 Å². The highest BCUT2D eigenvalue weighted by Gasteiger charge is 2.27. The van der Waals surface area contributed by atoms with E-state index in [1.807, 2.05) is 0 Å². The summed E-state index contributed by atoms with van der Waals surface area (Å²) in [5.41, 5.74) is 0.270. The van der Waals surface area contributed by atoms with Crippen molar-refractivity contribution in [2.24, 2.45) is 0 Å². The first-order valence-electron chi connectivity index (χ1n) is 4.32. The number of alkyl halides is 3. The van der Waals surface area contributed by atoms with E-state index in [0.29, 0.717) is 5.02 Å². The maximum absolute atomic E-state index is 11.7. The van der Waals surface area contributed by atoms with Gasteiger partial charge in [0.1, 0.15) is 13.2 Å². The van der Waals surface area contributed by atoms with Gasteiger partial charge in [-0.05, 0) is 24.3 Å². The van der Waals surface area contributed by atoms with E-state index in [4.69, 9.17) is 11.6 Å². The van der Waals surface area contributed by atoms with Crippen molar-refractivity contribution in [3.05, 3.63) is 34.9 Å². The molecule has 0 saturated carbocycles. The molecule has 1 rings (SSSR count). The van der Waals surface area contributed by atoms with Gasteiger partial charge in [-0.3, -0.25) is 4.79 Å². The van der Waals surface area contributed by atoms with Crippen molar-refractivity contribution in [2.45, 2.75) is 6.18 Å². The van der Waals surface area contributed by atoms with Gasteiger partial charge in [-0.25, -0.2) is 0 Å². The minimum absolute atomic E-state index is 0.270. The number of ether oxygens (including phenoxy) is 1. The molecule has 0 aliphatic heterocycles. The molecule has 1 aromatic rings. The molecule has 0 aliphatic carbocycles. The highest BCUT2D eigenvalue weighted by Crippen LogP contribution is 2.15. The van der Waals surface area contributed by atoms with Crippen molar-refractivity contribution in [3.8, 4) is 0 Å². The van der Waals surface area contributed by atoms with E-state index >= 15 is 0 Å². The number of benzene rings is 1. The Labute approximate surface area is 95.0 Å². The number of hydrogen-bond acceptors (Lipinski definition) is 2. The summed E-state index contributed by atoms with van der Waals surface area (Å²) in [7, 11) is 0. The SMILES string of the molecule is O=C(COCC(F)(F)F)c1ccc(Cl)cc1. The zero-order valence-corrected chi connectivity index (χ0v) is 8.81. The molecule has 0 unspecified atom stereocenters. The average molecular weight is 253 g/mol. The van der Waals surface area contributed by atoms with Crippen LogP contribution in [0, 0.1) is 0 Å². The predicted octanol–water partition coefficient (Wildman–Crippen LogP) is 3.10. The topological polar surface area (TPSA) is 26.3 Å². The minimum atomic E-state index is -4.42. The van der Waals surface area contributed by atoms with Crippen molar-refractivity contribution >= 4 is 17.4 Å². The fraction of sp³-hybridized carbons (Fsp3) is 0.300. The molecule has 0 heterocycles. The summed E-state index contributed by atoms with van der Waals surface area (Å²) in [5.74, 6) is -0.513. The van der Waals surface area contributed by atoms with Gasteiger partial charge >= 0.3 is 6.18 Å². The van der Waals surface area contributed by atoms with Gasteiger partial charge in [-0.15, -0.1) is 0 Å². The largest absolute Gasteiger partial charge is 0.411 e. The number of hydrogen-bond donors (Lipinski definition) is 0. The van der Waals surface area contributed by atoms with Crippen LogP contribution in [-0.4, -0.2) is 25.2 Å². The molecule has 0 spiro atoms. The van der Waals surface area contributed by atoms with Gasteiger partial charge in [-0.2, -0.15) is 13.2 Å². The highest BCUT2D eigenvalue weighted by molar-refractivity contribution is 6.30. The van der Waals surface area contributed by atoms with Gasteiger partial charge in [0.2, 0.25) is 0 Å². The van der Waals surface area contributed by atoms with Crippen molar-refractivity contribution in [1.29, 1.82) is 0 Å². The summed E-state index contributed by atoms with van der Waals surface area (Å²) in [4.78, 5) is 11.3. The third kappa shape index (κ3) is 4.63. The molecule has 0 atom stereocenters. The molecule has 0 amide bonds. The fourth-order valence-corrected chi connectivity index (χ4v) is 1.10. The molecule has 0 N–H and O–H groups in total. The second-order valence-electron chi connectivity index (χ2n) is 3.04. The zero-order chi connectivity index (χ0) is 12.2. The van der Waals surface area contributed by atoms with Crippen LogP contribution in [0.1, 0.15) is 10.4 Å². The molecular weight excluding hydrogens is 245 g/mol. The van der Waals surface area contributed by atoms with Crippen LogP contribution in [0.2, 0.25) is 5.02 Å². The summed E-state index contributed by atoms with van der Waals surface area (Å²) < 4.78 is 39.4. The van der Waals surface area contributed by atoms with E-state index in [0.717, 1.165) is 0 Å². The van der Waals surface area contributed by atoms with Gasteiger partial charge < -0.3 is 4.74 Å². The summed E-state index contributed by atoms with van der Waals surface area (Å²) >= 11 is 5.59. The Kier molecular flexibility index (Phi) is 4.32. The Hall–Kier alpha value is -1.07. The average Bonchev–Trinajstić information content (AvgIpc) is 2.16. The van der Waals surface area contributed by atoms with Gasteiger partial charge in [-0.1, -0.05) is 11.6 Å². The molecule has 2 nitrogen and oxygen atoms in total. The standard InChI is InChI=1S/C10H8ClF3O2/c11-8-3-1-7(2-4-8)9(15)5-16-6-10(12,13)14/h1-4H,5-6H2. The molecule has 0 radical (unpaired) electrons. The zero-order valence-electron chi connectivity index (χ0n) is 8.05. The van der Waals surface area contributed by atoms with Gasteiger partial charge in [0, 0.05) is 10.6 Å². The molecule has 0 aromatic heterocycles. The Bertz CT molecular complexity index is 359. The van der Waals surface area contributed by atoms with E-state index < -0.39 is 25.2 Å². The Balaban J connectivity index is 2.44. The summed E-state index contributed by atoms with van der Waals surface area (Å²) in [6.45, 7) is -2.02. The van der Waals surface area contributed by atoms with Crippen LogP contribution in [0.15, 0.2) is 24.3 Å². The molecule has 0 saturated heterocycles.